The Morgan fingerprint density at radius 3 is 0.543 bits per heavy atom. The fourth-order valence-electron chi connectivity index (χ4n) is 7.00. The number of unbranched alkanes of at least 4 members (excludes halogenated alkanes) is 28. The molecule has 0 N–H and O–H groups in total. The van der Waals surface area contributed by atoms with Gasteiger partial charge in [-0.15, -0.1) is 0 Å². The zero-order valence-electron chi connectivity index (χ0n) is 32.0. The van der Waals surface area contributed by atoms with Crippen molar-refractivity contribution in [1.82, 2.24) is 0 Å². The quantitative estimate of drug-likeness (QED) is 0.0267. The van der Waals surface area contributed by atoms with Crippen LogP contribution in [0.25, 0.3) is 0 Å². The second kappa shape index (κ2) is 38.0. The molecule has 0 unspecified atom stereocenters. The third-order valence-corrected chi connectivity index (χ3v) is 15.0. The average molecular weight is 683 g/mol. The van der Waals surface area contributed by atoms with Gasteiger partial charge in [-0.2, -0.15) is 0 Å². The maximum atomic E-state index is 9.75. The van der Waals surface area contributed by atoms with Gasteiger partial charge in [0, 0.05) is 7.26 Å². The molecule has 0 aliphatic heterocycles. The van der Waals surface area contributed by atoms with Gasteiger partial charge < -0.3 is 17.3 Å². The van der Waals surface area contributed by atoms with Crippen LogP contribution in [-0.4, -0.2) is 31.9 Å². The Hall–Kier alpha value is 0.215. The predicted molar refractivity (Wildman–Crippen MR) is 207 cm³/mol. The maximum Gasteiger partial charge on any atom is 0.673 e. The lowest BCUT2D eigenvalue weighted by atomic mass is 10.1. The van der Waals surface area contributed by atoms with E-state index in [4.69, 9.17) is 0 Å². The molecule has 6 heteroatoms. The highest BCUT2D eigenvalue weighted by Gasteiger charge is 2.35. The van der Waals surface area contributed by atoms with E-state index >= 15 is 0 Å². The Balaban J connectivity index is 0. The van der Waals surface area contributed by atoms with Gasteiger partial charge in [-0.3, -0.25) is 0 Å². The van der Waals surface area contributed by atoms with Crippen LogP contribution in [0.3, 0.4) is 0 Å². The lowest BCUT2D eigenvalue weighted by Gasteiger charge is -2.28. The van der Waals surface area contributed by atoms with Gasteiger partial charge >= 0.3 is 7.25 Å². The minimum atomic E-state index is -6.00. The fraction of sp³-hybridized carbons (Fsp3) is 1.00. The predicted octanol–water partition coefficient (Wildman–Crippen LogP) is 16.9. The van der Waals surface area contributed by atoms with Gasteiger partial charge in [0.05, 0.1) is 24.6 Å². The van der Waals surface area contributed by atoms with Crippen molar-refractivity contribution in [3.63, 3.8) is 0 Å². The van der Waals surface area contributed by atoms with Gasteiger partial charge in [0.1, 0.15) is 0 Å². The topological polar surface area (TPSA) is 0 Å². The second-order valence-corrected chi connectivity index (χ2v) is 19.1. The van der Waals surface area contributed by atoms with E-state index in [1.54, 1.807) is 50.3 Å². The molecule has 0 radical (unpaired) electrons. The summed E-state index contributed by atoms with van der Waals surface area (Å²) in [5.74, 6) is 0. The molecule has 0 atom stereocenters. The van der Waals surface area contributed by atoms with Crippen molar-refractivity contribution in [1.29, 1.82) is 0 Å². The molecular formula is C40H84BF4P. The number of hydrogen-bond donors (Lipinski definition) is 0. The van der Waals surface area contributed by atoms with Gasteiger partial charge in [0.15, 0.2) is 0 Å². The largest absolute Gasteiger partial charge is 0.673 e. The first-order chi connectivity index (χ1) is 22.2. The molecule has 0 saturated heterocycles. The fourth-order valence-corrected chi connectivity index (χ4v) is 11.9. The van der Waals surface area contributed by atoms with Crippen LogP contribution in [-0.2, 0) is 0 Å². The Morgan fingerprint density at radius 2 is 0.391 bits per heavy atom. The number of hydrogen-bond acceptors (Lipinski definition) is 0. The first kappa shape index (κ1) is 48.3. The van der Waals surface area contributed by atoms with Crippen LogP contribution in [0, 0.1) is 0 Å². The van der Waals surface area contributed by atoms with Crippen LogP contribution in [0.5, 0.6) is 0 Å². The molecule has 0 aromatic rings. The third-order valence-electron chi connectivity index (χ3n) is 9.94. The van der Waals surface area contributed by atoms with Gasteiger partial charge in [0.2, 0.25) is 0 Å². The average Bonchev–Trinajstić information content (AvgIpc) is 3.01. The molecule has 0 nitrogen and oxygen atoms in total. The van der Waals surface area contributed by atoms with Gasteiger partial charge in [-0.05, 0) is 51.4 Å². The summed E-state index contributed by atoms with van der Waals surface area (Å²) in [6.07, 6.45) is 54.2. The minimum absolute atomic E-state index is 0.761. The van der Waals surface area contributed by atoms with E-state index < -0.39 is 14.5 Å². The van der Waals surface area contributed by atoms with Crippen molar-refractivity contribution in [2.45, 2.75) is 233 Å². The van der Waals surface area contributed by atoms with Crippen molar-refractivity contribution in [3.05, 3.63) is 0 Å². The summed E-state index contributed by atoms with van der Waals surface area (Å²) in [4.78, 5) is 0. The normalized spacial score (nSPS) is 12.0. The van der Waals surface area contributed by atoms with Crippen LogP contribution in [0.15, 0.2) is 0 Å². The van der Waals surface area contributed by atoms with Crippen molar-refractivity contribution >= 4 is 14.5 Å². The Labute approximate surface area is 289 Å². The zero-order valence-corrected chi connectivity index (χ0v) is 32.9. The van der Waals surface area contributed by atoms with E-state index in [1.165, 1.54) is 180 Å². The molecule has 46 heavy (non-hydrogen) atoms. The lowest BCUT2D eigenvalue weighted by molar-refractivity contribution is 0.368. The second-order valence-electron chi connectivity index (χ2n) is 14.6. The molecular weight excluding hydrogens is 598 g/mol. The van der Waals surface area contributed by atoms with Crippen LogP contribution in [0.4, 0.5) is 17.3 Å². The summed E-state index contributed by atoms with van der Waals surface area (Å²) >= 11 is 0. The molecule has 0 fully saturated rings. The molecule has 0 heterocycles. The summed E-state index contributed by atoms with van der Waals surface area (Å²) in [6, 6.07) is 0. The molecule has 0 rings (SSSR count). The minimum Gasteiger partial charge on any atom is -0.418 e. The van der Waals surface area contributed by atoms with E-state index in [0.29, 0.717) is 0 Å². The van der Waals surface area contributed by atoms with Crippen LogP contribution in [0.2, 0.25) is 0 Å². The molecule has 0 aliphatic rings. The van der Waals surface area contributed by atoms with E-state index in [9.17, 15) is 17.3 Å². The molecule has 0 aromatic carbocycles. The van der Waals surface area contributed by atoms with Gasteiger partial charge in [0.25, 0.3) is 0 Å². The summed E-state index contributed by atoms with van der Waals surface area (Å²) in [5.41, 5.74) is 0. The first-order valence-electron chi connectivity index (χ1n) is 21.0. The van der Waals surface area contributed by atoms with Crippen molar-refractivity contribution in [2.75, 3.05) is 24.6 Å². The Kier molecular flexibility index (Phi) is 39.9. The van der Waals surface area contributed by atoms with Gasteiger partial charge in [-0.25, -0.2) is 0 Å². The Bertz CT molecular complexity index is 466. The van der Waals surface area contributed by atoms with Crippen molar-refractivity contribution in [2.24, 2.45) is 0 Å². The molecule has 0 amide bonds. The van der Waals surface area contributed by atoms with Crippen LogP contribution in [0.1, 0.15) is 233 Å². The molecule has 0 saturated carbocycles. The molecule has 0 spiro atoms. The van der Waals surface area contributed by atoms with E-state index in [-0.39, 0.29) is 0 Å². The summed E-state index contributed by atoms with van der Waals surface area (Å²) in [5, 5.41) is 0. The molecule has 0 bridgehead atoms. The smallest absolute Gasteiger partial charge is 0.418 e. The monoisotopic (exact) mass is 683 g/mol. The third kappa shape index (κ3) is 42.2. The molecule has 0 aromatic heterocycles. The first-order valence-corrected chi connectivity index (χ1v) is 23.5. The maximum absolute atomic E-state index is 9.75. The SMILES string of the molecule is CCCCCCCCCC[P+](CCCCCCCCCC)(CCCCCCCCCC)CCCCCCCCCC.F[B-](F)(F)F. The molecule has 0 aliphatic carbocycles. The summed E-state index contributed by atoms with van der Waals surface area (Å²) in [7, 11) is -6.76. The number of halogens is 4. The van der Waals surface area contributed by atoms with Crippen LogP contribution >= 0.6 is 7.26 Å². The summed E-state index contributed by atoms with van der Waals surface area (Å²) < 4.78 is 39.0. The number of rotatable bonds is 36. The summed E-state index contributed by atoms with van der Waals surface area (Å²) in [6.45, 7) is 9.37. The standard InChI is InChI=1S/C40H84P.BF4/c1-5-9-13-17-21-25-29-33-37-41(38-34-30-26-22-18-14-10-6-2,39-35-31-27-23-19-15-11-7-3)40-36-32-28-24-20-16-12-8-4;2-1(3,4)5/h5-40H2,1-4H3;/q+1;-1. The highest BCUT2D eigenvalue weighted by molar-refractivity contribution is 7.75. The van der Waals surface area contributed by atoms with E-state index in [0.717, 1.165) is 0 Å². The van der Waals surface area contributed by atoms with E-state index in [2.05, 4.69) is 27.7 Å². The van der Waals surface area contributed by atoms with Gasteiger partial charge in [-0.1, -0.05) is 182 Å². The Morgan fingerprint density at radius 1 is 0.261 bits per heavy atom. The van der Waals surface area contributed by atoms with Crippen LogP contribution < -0.4 is 0 Å². The lowest BCUT2D eigenvalue weighted by Crippen LogP contribution is -2.13. The highest BCUT2D eigenvalue weighted by Crippen LogP contribution is 2.61. The molecule has 280 valence electrons. The zero-order chi connectivity index (χ0) is 34.5. The van der Waals surface area contributed by atoms with Crippen molar-refractivity contribution < 1.29 is 17.3 Å². The van der Waals surface area contributed by atoms with E-state index in [1.807, 2.05) is 0 Å². The highest BCUT2D eigenvalue weighted by atomic mass is 31.2. The van der Waals surface area contributed by atoms with Crippen molar-refractivity contribution in [3.8, 4) is 0 Å².